The lowest BCUT2D eigenvalue weighted by atomic mass is 10.2. The van der Waals surface area contributed by atoms with Gasteiger partial charge in [-0.1, -0.05) is 13.8 Å². The molecule has 122 valence electrons. The summed E-state index contributed by atoms with van der Waals surface area (Å²) in [6.07, 6.45) is 1.53. The van der Waals surface area contributed by atoms with Crippen LogP contribution >= 0.6 is 0 Å². The molecule has 0 unspecified atom stereocenters. The number of amides is 1. The minimum Gasteiger partial charge on any atom is -0.459 e. The summed E-state index contributed by atoms with van der Waals surface area (Å²) < 4.78 is 5.19. The van der Waals surface area contributed by atoms with Gasteiger partial charge in [-0.2, -0.15) is 0 Å². The van der Waals surface area contributed by atoms with Gasteiger partial charge in [0.1, 0.15) is 11.6 Å². The molecule has 1 aliphatic heterocycles. The maximum absolute atomic E-state index is 12.3. The van der Waals surface area contributed by atoms with Gasteiger partial charge < -0.3 is 14.2 Å². The van der Waals surface area contributed by atoms with E-state index in [9.17, 15) is 4.79 Å². The molecule has 6 nitrogen and oxygen atoms in total. The molecule has 23 heavy (non-hydrogen) atoms. The molecule has 0 spiro atoms. The molecule has 2 aromatic heterocycles. The van der Waals surface area contributed by atoms with Crippen LogP contribution in [0.2, 0.25) is 0 Å². The molecule has 1 amide bonds. The van der Waals surface area contributed by atoms with Crippen LogP contribution in [0.4, 0.5) is 5.82 Å². The highest BCUT2D eigenvalue weighted by Crippen LogP contribution is 2.19. The average molecular weight is 314 g/mol. The number of nitrogens with zero attached hydrogens (tertiary/aromatic N) is 4. The molecule has 6 heteroatoms. The molecular weight excluding hydrogens is 292 g/mol. The van der Waals surface area contributed by atoms with Crippen molar-refractivity contribution in [2.75, 3.05) is 31.1 Å². The van der Waals surface area contributed by atoms with Crippen LogP contribution < -0.4 is 4.90 Å². The van der Waals surface area contributed by atoms with Crippen LogP contribution in [0, 0.1) is 6.92 Å². The quantitative estimate of drug-likeness (QED) is 0.871. The molecule has 0 bridgehead atoms. The van der Waals surface area contributed by atoms with Gasteiger partial charge in [0, 0.05) is 43.9 Å². The van der Waals surface area contributed by atoms with Crippen molar-refractivity contribution in [2.45, 2.75) is 26.7 Å². The number of furan rings is 1. The number of carbonyl (C=O) groups is 1. The number of rotatable bonds is 3. The Morgan fingerprint density at radius 1 is 1.22 bits per heavy atom. The Kier molecular flexibility index (Phi) is 4.32. The third-order valence-corrected chi connectivity index (χ3v) is 4.00. The molecule has 1 fully saturated rings. The minimum atomic E-state index is -0.0450. The van der Waals surface area contributed by atoms with Crippen LogP contribution in [0.15, 0.2) is 28.9 Å². The van der Waals surface area contributed by atoms with E-state index in [0.717, 1.165) is 30.4 Å². The Bertz CT molecular complexity index is 674. The normalized spacial score (nSPS) is 15.3. The minimum absolute atomic E-state index is 0.0450. The first-order chi connectivity index (χ1) is 11.0. The predicted molar refractivity (Wildman–Crippen MR) is 87.7 cm³/mol. The molecule has 0 N–H and O–H groups in total. The summed E-state index contributed by atoms with van der Waals surface area (Å²) >= 11 is 0. The fourth-order valence-electron chi connectivity index (χ4n) is 2.69. The standard InChI is InChI=1S/C17H22N4O2/c1-12(2)16-18-13(3)11-15(19-16)20-6-8-21(9-7-20)17(22)14-5-4-10-23-14/h4-5,10-12H,6-9H2,1-3H3. The van der Waals surface area contributed by atoms with Crippen LogP contribution in [0.25, 0.3) is 0 Å². The van der Waals surface area contributed by atoms with Gasteiger partial charge >= 0.3 is 0 Å². The lowest BCUT2D eigenvalue weighted by Crippen LogP contribution is -2.49. The second-order valence-corrected chi connectivity index (χ2v) is 6.14. The van der Waals surface area contributed by atoms with Crippen molar-refractivity contribution < 1.29 is 9.21 Å². The number of piperazine rings is 1. The Morgan fingerprint density at radius 3 is 2.57 bits per heavy atom. The SMILES string of the molecule is Cc1cc(N2CCN(C(=O)c3ccco3)CC2)nc(C(C)C)n1. The monoisotopic (exact) mass is 314 g/mol. The zero-order valence-corrected chi connectivity index (χ0v) is 13.8. The van der Waals surface area contributed by atoms with Gasteiger partial charge in [-0.15, -0.1) is 0 Å². The van der Waals surface area contributed by atoms with Crippen LogP contribution in [0.5, 0.6) is 0 Å². The van der Waals surface area contributed by atoms with Crippen molar-refractivity contribution in [1.82, 2.24) is 14.9 Å². The Morgan fingerprint density at radius 2 is 1.96 bits per heavy atom. The maximum atomic E-state index is 12.3. The number of carbonyl (C=O) groups excluding carboxylic acids is 1. The van der Waals surface area contributed by atoms with Gasteiger partial charge in [0.2, 0.25) is 0 Å². The van der Waals surface area contributed by atoms with E-state index in [-0.39, 0.29) is 5.91 Å². The van der Waals surface area contributed by atoms with E-state index in [2.05, 4.69) is 28.7 Å². The average Bonchev–Trinajstić information content (AvgIpc) is 3.08. The first-order valence-electron chi connectivity index (χ1n) is 7.98. The zero-order chi connectivity index (χ0) is 16.4. The topological polar surface area (TPSA) is 62.5 Å². The second-order valence-electron chi connectivity index (χ2n) is 6.14. The molecule has 1 aliphatic rings. The fourth-order valence-corrected chi connectivity index (χ4v) is 2.69. The smallest absolute Gasteiger partial charge is 0.289 e. The molecule has 0 atom stereocenters. The number of aryl methyl sites for hydroxylation is 1. The first kappa shape index (κ1) is 15.5. The number of anilines is 1. The molecular formula is C17H22N4O2. The van der Waals surface area contributed by atoms with Crippen LogP contribution in [0.1, 0.15) is 41.8 Å². The lowest BCUT2D eigenvalue weighted by molar-refractivity contribution is 0.0714. The summed E-state index contributed by atoms with van der Waals surface area (Å²) in [6, 6.07) is 5.45. The van der Waals surface area contributed by atoms with Gasteiger partial charge in [-0.05, 0) is 19.1 Å². The van der Waals surface area contributed by atoms with Gasteiger partial charge in [0.25, 0.3) is 5.91 Å². The first-order valence-corrected chi connectivity index (χ1v) is 7.98. The fraction of sp³-hybridized carbons (Fsp3) is 0.471. The third kappa shape index (κ3) is 3.36. The Balaban J connectivity index is 1.68. The molecule has 0 saturated carbocycles. The van der Waals surface area contributed by atoms with Gasteiger partial charge in [-0.3, -0.25) is 4.79 Å². The van der Waals surface area contributed by atoms with E-state index in [1.54, 1.807) is 12.1 Å². The van der Waals surface area contributed by atoms with Crippen molar-refractivity contribution in [3.63, 3.8) is 0 Å². The highest BCUT2D eigenvalue weighted by Gasteiger charge is 2.24. The zero-order valence-electron chi connectivity index (χ0n) is 13.8. The van der Waals surface area contributed by atoms with Crippen molar-refractivity contribution in [2.24, 2.45) is 0 Å². The largest absolute Gasteiger partial charge is 0.459 e. The van der Waals surface area contributed by atoms with E-state index < -0.39 is 0 Å². The highest BCUT2D eigenvalue weighted by molar-refractivity contribution is 5.91. The summed E-state index contributed by atoms with van der Waals surface area (Å²) in [5.74, 6) is 2.48. The summed E-state index contributed by atoms with van der Waals surface area (Å²) in [7, 11) is 0. The molecule has 3 rings (SSSR count). The molecule has 0 radical (unpaired) electrons. The summed E-state index contributed by atoms with van der Waals surface area (Å²) in [5, 5.41) is 0. The van der Waals surface area contributed by atoms with E-state index in [4.69, 9.17) is 4.42 Å². The summed E-state index contributed by atoms with van der Waals surface area (Å²) in [5.41, 5.74) is 0.979. The second kappa shape index (κ2) is 6.40. The molecule has 1 saturated heterocycles. The van der Waals surface area contributed by atoms with Crippen LogP contribution in [-0.4, -0.2) is 47.0 Å². The van der Waals surface area contributed by atoms with E-state index >= 15 is 0 Å². The Labute approximate surface area is 136 Å². The molecule has 2 aromatic rings. The number of hydrogen-bond donors (Lipinski definition) is 0. The van der Waals surface area contributed by atoms with E-state index in [0.29, 0.717) is 24.8 Å². The lowest BCUT2D eigenvalue weighted by Gasteiger charge is -2.35. The van der Waals surface area contributed by atoms with Crippen molar-refractivity contribution in [3.05, 3.63) is 41.7 Å². The molecule has 0 aliphatic carbocycles. The van der Waals surface area contributed by atoms with Crippen LogP contribution in [-0.2, 0) is 0 Å². The van der Waals surface area contributed by atoms with Gasteiger partial charge in [0.15, 0.2) is 5.76 Å². The van der Waals surface area contributed by atoms with Crippen LogP contribution in [0.3, 0.4) is 0 Å². The van der Waals surface area contributed by atoms with Crippen molar-refractivity contribution in [1.29, 1.82) is 0 Å². The highest BCUT2D eigenvalue weighted by atomic mass is 16.3. The van der Waals surface area contributed by atoms with E-state index in [1.807, 2.05) is 17.9 Å². The van der Waals surface area contributed by atoms with Gasteiger partial charge in [0.05, 0.1) is 6.26 Å². The summed E-state index contributed by atoms with van der Waals surface area (Å²) in [4.78, 5) is 25.5. The van der Waals surface area contributed by atoms with E-state index in [1.165, 1.54) is 6.26 Å². The summed E-state index contributed by atoms with van der Waals surface area (Å²) in [6.45, 7) is 9.05. The predicted octanol–water partition coefficient (Wildman–Crippen LogP) is 2.46. The number of hydrogen-bond acceptors (Lipinski definition) is 5. The van der Waals surface area contributed by atoms with Crippen molar-refractivity contribution >= 4 is 11.7 Å². The third-order valence-electron chi connectivity index (χ3n) is 4.00. The Hall–Kier alpha value is -2.37. The molecule has 3 heterocycles. The van der Waals surface area contributed by atoms with Gasteiger partial charge in [-0.25, -0.2) is 9.97 Å². The molecule has 0 aromatic carbocycles. The van der Waals surface area contributed by atoms with Crippen molar-refractivity contribution in [3.8, 4) is 0 Å². The number of aromatic nitrogens is 2. The maximum Gasteiger partial charge on any atom is 0.289 e.